The molecule has 1 N–H and O–H groups in total. The molecule has 0 saturated carbocycles. The lowest BCUT2D eigenvalue weighted by Crippen LogP contribution is -2.32. The third kappa shape index (κ3) is 3.73. The van der Waals surface area contributed by atoms with E-state index in [1.807, 2.05) is 30.8 Å². The van der Waals surface area contributed by atoms with Crippen LogP contribution >= 0.6 is 0 Å². The number of hydrogen-bond acceptors (Lipinski definition) is 2. The van der Waals surface area contributed by atoms with Crippen LogP contribution in [0.15, 0.2) is 18.5 Å². The minimum Gasteiger partial charge on any atom is -0.354 e. The number of hydrogen-bond donors (Lipinski definition) is 1. The summed E-state index contributed by atoms with van der Waals surface area (Å²) in [5, 5.41) is 6.99. The molecule has 1 heterocycles. The van der Waals surface area contributed by atoms with Gasteiger partial charge in [0.15, 0.2) is 0 Å². The molecule has 15 heavy (non-hydrogen) atoms. The van der Waals surface area contributed by atoms with E-state index in [2.05, 4.69) is 10.4 Å². The summed E-state index contributed by atoms with van der Waals surface area (Å²) in [6.07, 6.45) is 5.44. The molecule has 0 spiro atoms. The SMILES string of the molecule is CCC(CC)C(=O)NCCn1cccn1. The Kier molecular flexibility index (Phi) is 4.87. The van der Waals surface area contributed by atoms with Crippen molar-refractivity contribution in [2.24, 2.45) is 5.92 Å². The quantitative estimate of drug-likeness (QED) is 0.770. The molecule has 0 bridgehead atoms. The maximum Gasteiger partial charge on any atom is 0.223 e. The molecule has 1 amide bonds. The van der Waals surface area contributed by atoms with E-state index in [4.69, 9.17) is 0 Å². The van der Waals surface area contributed by atoms with Gasteiger partial charge in [-0.1, -0.05) is 13.8 Å². The molecule has 0 aliphatic heterocycles. The Bertz CT molecular complexity index is 278. The Balaban J connectivity index is 2.22. The van der Waals surface area contributed by atoms with Gasteiger partial charge in [-0.2, -0.15) is 5.10 Å². The predicted molar refractivity (Wildman–Crippen MR) is 59.3 cm³/mol. The average molecular weight is 209 g/mol. The molecule has 0 radical (unpaired) electrons. The van der Waals surface area contributed by atoms with E-state index in [1.54, 1.807) is 6.20 Å². The Hall–Kier alpha value is -1.32. The van der Waals surface area contributed by atoms with Gasteiger partial charge in [0.25, 0.3) is 0 Å². The van der Waals surface area contributed by atoms with Crippen LogP contribution in [0.25, 0.3) is 0 Å². The van der Waals surface area contributed by atoms with E-state index in [0.29, 0.717) is 6.54 Å². The van der Waals surface area contributed by atoms with E-state index in [1.165, 1.54) is 0 Å². The first-order valence-electron chi connectivity index (χ1n) is 5.53. The van der Waals surface area contributed by atoms with Crippen molar-refractivity contribution in [2.45, 2.75) is 33.2 Å². The molecule has 4 heteroatoms. The van der Waals surface area contributed by atoms with E-state index >= 15 is 0 Å². The topological polar surface area (TPSA) is 46.9 Å². The van der Waals surface area contributed by atoms with Gasteiger partial charge in [-0.25, -0.2) is 0 Å². The molecule has 1 aromatic rings. The molecule has 1 aromatic heterocycles. The van der Waals surface area contributed by atoms with Gasteiger partial charge in [-0.05, 0) is 18.9 Å². The zero-order valence-electron chi connectivity index (χ0n) is 9.44. The second-order valence-corrected chi connectivity index (χ2v) is 3.57. The van der Waals surface area contributed by atoms with Crippen LogP contribution in [0.5, 0.6) is 0 Å². The van der Waals surface area contributed by atoms with Crippen LogP contribution in [0.3, 0.4) is 0 Å². The van der Waals surface area contributed by atoms with Crippen LogP contribution in [-0.4, -0.2) is 22.2 Å². The van der Waals surface area contributed by atoms with Crippen molar-refractivity contribution in [2.75, 3.05) is 6.54 Å². The predicted octanol–water partition coefficient (Wildman–Crippen LogP) is 1.44. The molecule has 0 saturated heterocycles. The molecule has 0 aromatic carbocycles. The van der Waals surface area contributed by atoms with Gasteiger partial charge < -0.3 is 5.32 Å². The second kappa shape index (κ2) is 6.22. The van der Waals surface area contributed by atoms with Gasteiger partial charge in [-0.15, -0.1) is 0 Å². The van der Waals surface area contributed by atoms with Gasteiger partial charge in [0.2, 0.25) is 5.91 Å². The normalized spacial score (nSPS) is 10.6. The number of carbonyl (C=O) groups is 1. The third-order valence-electron chi connectivity index (χ3n) is 2.56. The van der Waals surface area contributed by atoms with Crippen LogP contribution in [0, 0.1) is 5.92 Å². The molecular weight excluding hydrogens is 190 g/mol. The van der Waals surface area contributed by atoms with Crippen molar-refractivity contribution in [1.29, 1.82) is 0 Å². The first-order chi connectivity index (χ1) is 7.27. The van der Waals surface area contributed by atoms with Gasteiger partial charge >= 0.3 is 0 Å². The summed E-state index contributed by atoms with van der Waals surface area (Å²) in [4.78, 5) is 11.6. The molecule has 84 valence electrons. The Morgan fingerprint density at radius 1 is 1.47 bits per heavy atom. The summed E-state index contributed by atoms with van der Waals surface area (Å²) in [7, 11) is 0. The second-order valence-electron chi connectivity index (χ2n) is 3.57. The monoisotopic (exact) mass is 209 g/mol. The average Bonchev–Trinajstić information content (AvgIpc) is 2.72. The van der Waals surface area contributed by atoms with E-state index in [-0.39, 0.29) is 11.8 Å². The minimum absolute atomic E-state index is 0.155. The van der Waals surface area contributed by atoms with Gasteiger partial charge in [0.1, 0.15) is 0 Å². The van der Waals surface area contributed by atoms with Crippen LogP contribution in [0.1, 0.15) is 26.7 Å². The smallest absolute Gasteiger partial charge is 0.223 e. The minimum atomic E-state index is 0.155. The third-order valence-corrected chi connectivity index (χ3v) is 2.56. The molecular formula is C11H19N3O. The highest BCUT2D eigenvalue weighted by molar-refractivity contribution is 5.78. The van der Waals surface area contributed by atoms with Gasteiger partial charge in [0, 0.05) is 24.9 Å². The highest BCUT2D eigenvalue weighted by Gasteiger charge is 2.12. The molecule has 4 nitrogen and oxygen atoms in total. The zero-order valence-corrected chi connectivity index (χ0v) is 9.44. The number of aromatic nitrogens is 2. The highest BCUT2D eigenvalue weighted by Crippen LogP contribution is 2.06. The molecule has 0 fully saturated rings. The summed E-state index contributed by atoms with van der Waals surface area (Å²) in [6, 6.07) is 1.88. The number of nitrogens with zero attached hydrogens (tertiary/aromatic N) is 2. The van der Waals surface area contributed by atoms with Crippen molar-refractivity contribution in [3.05, 3.63) is 18.5 Å². The highest BCUT2D eigenvalue weighted by atomic mass is 16.1. The van der Waals surface area contributed by atoms with Crippen molar-refractivity contribution < 1.29 is 4.79 Å². The van der Waals surface area contributed by atoms with Crippen molar-refractivity contribution >= 4 is 5.91 Å². The number of rotatable bonds is 6. The Morgan fingerprint density at radius 2 is 2.20 bits per heavy atom. The standard InChI is InChI=1S/C11H19N3O/c1-3-10(4-2)11(15)12-7-9-14-8-5-6-13-14/h5-6,8,10H,3-4,7,9H2,1-2H3,(H,12,15). The summed E-state index contributed by atoms with van der Waals surface area (Å²) in [6.45, 7) is 5.47. The van der Waals surface area contributed by atoms with Crippen LogP contribution in [0.4, 0.5) is 0 Å². The molecule has 0 aliphatic carbocycles. The lowest BCUT2D eigenvalue weighted by atomic mass is 10.0. The maximum atomic E-state index is 11.6. The van der Waals surface area contributed by atoms with E-state index in [0.717, 1.165) is 19.4 Å². The van der Waals surface area contributed by atoms with Gasteiger partial charge in [-0.3, -0.25) is 9.48 Å². The summed E-state index contributed by atoms with van der Waals surface area (Å²) >= 11 is 0. The largest absolute Gasteiger partial charge is 0.354 e. The van der Waals surface area contributed by atoms with Gasteiger partial charge in [0.05, 0.1) is 6.54 Å². The zero-order chi connectivity index (χ0) is 11.1. The van der Waals surface area contributed by atoms with Crippen molar-refractivity contribution in [3.63, 3.8) is 0 Å². The number of carbonyl (C=O) groups excluding carboxylic acids is 1. The summed E-state index contributed by atoms with van der Waals surface area (Å²) in [5.74, 6) is 0.315. The molecule has 0 unspecified atom stereocenters. The van der Waals surface area contributed by atoms with Crippen LogP contribution in [-0.2, 0) is 11.3 Å². The number of amides is 1. The van der Waals surface area contributed by atoms with E-state index in [9.17, 15) is 4.79 Å². The first kappa shape index (κ1) is 11.8. The lowest BCUT2D eigenvalue weighted by molar-refractivity contribution is -0.125. The molecule has 0 aliphatic rings. The lowest BCUT2D eigenvalue weighted by Gasteiger charge is -2.12. The fourth-order valence-corrected chi connectivity index (χ4v) is 1.53. The fraction of sp³-hybridized carbons (Fsp3) is 0.636. The maximum absolute atomic E-state index is 11.6. The fourth-order valence-electron chi connectivity index (χ4n) is 1.53. The molecule has 0 atom stereocenters. The Labute approximate surface area is 90.7 Å². The summed E-state index contributed by atoms with van der Waals surface area (Å²) in [5.41, 5.74) is 0. The van der Waals surface area contributed by atoms with Crippen molar-refractivity contribution in [3.8, 4) is 0 Å². The van der Waals surface area contributed by atoms with Crippen molar-refractivity contribution in [1.82, 2.24) is 15.1 Å². The van der Waals surface area contributed by atoms with E-state index < -0.39 is 0 Å². The summed E-state index contributed by atoms with van der Waals surface area (Å²) < 4.78 is 1.81. The van der Waals surface area contributed by atoms with Crippen LogP contribution < -0.4 is 5.32 Å². The number of nitrogens with one attached hydrogen (secondary N) is 1. The molecule has 1 rings (SSSR count). The van der Waals surface area contributed by atoms with Crippen LogP contribution in [0.2, 0.25) is 0 Å². The first-order valence-corrected chi connectivity index (χ1v) is 5.53. The Morgan fingerprint density at radius 3 is 2.73 bits per heavy atom.